The van der Waals surface area contributed by atoms with Gasteiger partial charge in [-0.25, -0.2) is 5.43 Å². The summed E-state index contributed by atoms with van der Waals surface area (Å²) in [5.74, 6) is -5.92. The molecule has 3 nitrogen and oxygen atoms in total. The maximum Gasteiger partial charge on any atom is 0.462 e. The number of hydrazone groups is 1. The second-order valence-corrected chi connectivity index (χ2v) is 6.44. The van der Waals surface area contributed by atoms with Gasteiger partial charge in [0, 0.05) is 0 Å². The van der Waals surface area contributed by atoms with Gasteiger partial charge in [-0.3, -0.25) is 0 Å². The lowest BCUT2D eigenvalue weighted by molar-refractivity contribution is -0.361. The summed E-state index contributed by atoms with van der Waals surface area (Å²) in [5.41, 5.74) is 1.41. The maximum atomic E-state index is 13.0. The third-order valence-electron chi connectivity index (χ3n) is 3.44. The molecule has 1 N–H and O–H groups in total. The number of alkyl halides is 7. The first-order valence-corrected chi connectivity index (χ1v) is 8.38. The predicted octanol–water partition coefficient (Wildman–Crippen LogP) is 6.29. The number of hydrogen-bond donors (Lipinski definition) is 1. The first-order chi connectivity index (χ1) is 13.3. The molecule has 0 saturated carbocycles. The molecule has 158 valence electrons. The summed E-state index contributed by atoms with van der Waals surface area (Å²) in [5, 5.41) is 3.49. The summed E-state index contributed by atoms with van der Waals surface area (Å²) < 4.78 is 93.0. The molecule has 0 bridgehead atoms. The summed E-state index contributed by atoms with van der Waals surface area (Å²) in [6.45, 7) is 0.143. The van der Waals surface area contributed by atoms with Gasteiger partial charge < -0.3 is 4.74 Å². The lowest BCUT2D eigenvalue weighted by Gasteiger charge is -2.27. The summed E-state index contributed by atoms with van der Waals surface area (Å²) in [6, 6.07) is 4.76. The van der Waals surface area contributed by atoms with Gasteiger partial charge in [-0.1, -0.05) is 29.3 Å². The molecule has 0 aliphatic carbocycles. The standard InChI is InChI=1S/C17H11Cl2F7N2O/c18-13-6-3-11(7-14(13)19)9-29-12-4-1-10(2-5-12)8-27-28-17(25,26)15(20,21)16(22,23)24/h1-8,28H,9H2/b27-8+. The van der Waals surface area contributed by atoms with Crippen LogP contribution in [0.1, 0.15) is 11.1 Å². The van der Waals surface area contributed by atoms with Crippen molar-refractivity contribution < 1.29 is 35.5 Å². The predicted molar refractivity (Wildman–Crippen MR) is 93.9 cm³/mol. The molecule has 0 saturated heterocycles. The van der Waals surface area contributed by atoms with E-state index in [4.69, 9.17) is 27.9 Å². The third-order valence-corrected chi connectivity index (χ3v) is 4.18. The quantitative estimate of drug-likeness (QED) is 0.227. The number of halogens is 9. The summed E-state index contributed by atoms with van der Waals surface area (Å²) in [4.78, 5) is 0. The van der Waals surface area contributed by atoms with E-state index >= 15 is 0 Å². The molecule has 0 atom stereocenters. The first kappa shape index (κ1) is 23.1. The highest BCUT2D eigenvalue weighted by atomic mass is 35.5. The Hall–Kier alpha value is -2.20. The smallest absolute Gasteiger partial charge is 0.462 e. The SMILES string of the molecule is FC(F)(F)C(F)(F)C(F)(F)N/N=C/c1ccc(OCc2ccc(Cl)c(Cl)c2)cc1. The second kappa shape index (κ2) is 8.66. The topological polar surface area (TPSA) is 33.6 Å². The van der Waals surface area contributed by atoms with E-state index in [0.29, 0.717) is 27.4 Å². The molecular weight excluding hydrogens is 452 g/mol. The van der Waals surface area contributed by atoms with E-state index in [1.165, 1.54) is 24.3 Å². The largest absolute Gasteiger partial charge is 0.489 e. The van der Waals surface area contributed by atoms with Crippen LogP contribution in [0.3, 0.4) is 0 Å². The average molecular weight is 463 g/mol. The number of nitrogens with zero attached hydrogens (tertiary/aromatic N) is 1. The number of rotatable bonds is 7. The van der Waals surface area contributed by atoms with E-state index in [1.807, 2.05) is 0 Å². The Balaban J connectivity index is 1.95. The monoisotopic (exact) mass is 462 g/mol. The Morgan fingerprint density at radius 3 is 2.07 bits per heavy atom. The van der Waals surface area contributed by atoms with Crippen molar-refractivity contribution in [2.24, 2.45) is 5.10 Å². The highest BCUT2D eigenvalue weighted by Crippen LogP contribution is 2.44. The minimum absolute atomic E-state index is 0.143. The molecule has 0 amide bonds. The average Bonchev–Trinajstić information content (AvgIpc) is 2.62. The van der Waals surface area contributed by atoms with Crippen LogP contribution < -0.4 is 10.2 Å². The highest BCUT2D eigenvalue weighted by Gasteiger charge is 2.73. The van der Waals surface area contributed by atoms with Crippen molar-refractivity contribution in [3.05, 3.63) is 63.6 Å². The molecule has 29 heavy (non-hydrogen) atoms. The fraction of sp³-hybridized carbons (Fsp3) is 0.235. The minimum atomic E-state index is -6.44. The molecule has 0 radical (unpaired) electrons. The molecule has 0 unspecified atom stereocenters. The van der Waals surface area contributed by atoms with Gasteiger partial charge in [-0.2, -0.15) is 35.8 Å². The number of nitrogens with one attached hydrogen (secondary N) is 1. The van der Waals surface area contributed by atoms with E-state index < -0.39 is 18.1 Å². The van der Waals surface area contributed by atoms with Crippen molar-refractivity contribution in [2.75, 3.05) is 0 Å². The van der Waals surface area contributed by atoms with Crippen molar-refractivity contribution in [1.82, 2.24) is 5.43 Å². The Kier molecular flexibility index (Phi) is 6.89. The van der Waals surface area contributed by atoms with Gasteiger partial charge in [0.05, 0.1) is 16.3 Å². The molecular formula is C17H11Cl2F7N2O. The van der Waals surface area contributed by atoms with Crippen LogP contribution >= 0.6 is 23.2 Å². The van der Waals surface area contributed by atoms with Crippen LogP contribution in [0.2, 0.25) is 10.0 Å². The Morgan fingerprint density at radius 1 is 0.897 bits per heavy atom. The van der Waals surface area contributed by atoms with Crippen molar-refractivity contribution in [2.45, 2.75) is 24.8 Å². The zero-order chi connectivity index (χ0) is 21.9. The van der Waals surface area contributed by atoms with E-state index in [1.54, 1.807) is 18.2 Å². The molecule has 2 rings (SSSR count). The van der Waals surface area contributed by atoms with Gasteiger partial charge >= 0.3 is 18.1 Å². The highest BCUT2D eigenvalue weighted by molar-refractivity contribution is 6.42. The van der Waals surface area contributed by atoms with E-state index in [-0.39, 0.29) is 12.2 Å². The second-order valence-electron chi connectivity index (χ2n) is 5.62. The molecule has 0 aliphatic heterocycles. The summed E-state index contributed by atoms with van der Waals surface area (Å²) in [7, 11) is 0. The normalized spacial score (nSPS) is 13.0. The summed E-state index contributed by atoms with van der Waals surface area (Å²) in [6.07, 6.45) is -5.78. The van der Waals surface area contributed by atoms with Crippen LogP contribution in [0.4, 0.5) is 30.7 Å². The van der Waals surface area contributed by atoms with E-state index in [9.17, 15) is 30.7 Å². The molecule has 2 aromatic carbocycles. The van der Waals surface area contributed by atoms with Crippen molar-refractivity contribution >= 4 is 29.4 Å². The van der Waals surface area contributed by atoms with Crippen LogP contribution in [-0.2, 0) is 6.61 Å². The van der Waals surface area contributed by atoms with Gasteiger partial charge in [0.25, 0.3) is 0 Å². The van der Waals surface area contributed by atoms with Crippen LogP contribution in [0, 0.1) is 0 Å². The van der Waals surface area contributed by atoms with Crippen molar-refractivity contribution in [3.63, 3.8) is 0 Å². The molecule has 2 aromatic rings. The van der Waals surface area contributed by atoms with Gasteiger partial charge in [-0.05, 0) is 47.5 Å². The van der Waals surface area contributed by atoms with Gasteiger partial charge in [0.1, 0.15) is 12.4 Å². The zero-order valence-corrected chi connectivity index (χ0v) is 15.6. The zero-order valence-electron chi connectivity index (χ0n) is 14.1. The third kappa shape index (κ3) is 5.66. The Bertz CT molecular complexity index is 871. The number of benzene rings is 2. The van der Waals surface area contributed by atoms with Crippen LogP contribution in [0.25, 0.3) is 0 Å². The molecule has 0 fully saturated rings. The molecule has 0 aliphatic rings. The van der Waals surface area contributed by atoms with Crippen molar-refractivity contribution in [3.8, 4) is 5.75 Å². The maximum absolute atomic E-state index is 13.0. The number of ether oxygens (including phenoxy) is 1. The first-order valence-electron chi connectivity index (χ1n) is 7.63. The van der Waals surface area contributed by atoms with E-state index in [2.05, 4.69) is 5.10 Å². The lowest BCUT2D eigenvalue weighted by Crippen LogP contribution is -2.58. The molecule has 0 spiro atoms. The minimum Gasteiger partial charge on any atom is -0.489 e. The van der Waals surface area contributed by atoms with Crippen LogP contribution in [0.5, 0.6) is 5.75 Å². The molecule has 0 aromatic heterocycles. The summed E-state index contributed by atoms with van der Waals surface area (Å²) >= 11 is 11.7. The van der Waals surface area contributed by atoms with Gasteiger partial charge in [0.2, 0.25) is 0 Å². The van der Waals surface area contributed by atoms with Gasteiger partial charge in [-0.15, -0.1) is 0 Å². The van der Waals surface area contributed by atoms with Crippen LogP contribution in [-0.4, -0.2) is 24.4 Å². The molecule has 12 heteroatoms. The fourth-order valence-electron chi connectivity index (χ4n) is 1.88. The van der Waals surface area contributed by atoms with Crippen molar-refractivity contribution in [1.29, 1.82) is 0 Å². The lowest BCUT2D eigenvalue weighted by atomic mass is 10.2. The Morgan fingerprint density at radius 2 is 1.52 bits per heavy atom. The van der Waals surface area contributed by atoms with Gasteiger partial charge in [0.15, 0.2) is 0 Å². The Labute approximate surface area is 170 Å². The number of hydrogen-bond acceptors (Lipinski definition) is 3. The van der Waals surface area contributed by atoms with Crippen LogP contribution in [0.15, 0.2) is 47.6 Å². The fourth-order valence-corrected chi connectivity index (χ4v) is 2.20. The molecule has 0 heterocycles. The van der Waals surface area contributed by atoms with E-state index in [0.717, 1.165) is 5.56 Å².